The number of nitro groups is 1. The van der Waals surface area contributed by atoms with Gasteiger partial charge in [-0.25, -0.2) is 4.79 Å². The lowest BCUT2D eigenvalue weighted by atomic mass is 10.2. The number of methoxy groups -OCH3 is 1. The summed E-state index contributed by atoms with van der Waals surface area (Å²) in [6.07, 6.45) is 0. The number of furan rings is 1. The van der Waals surface area contributed by atoms with Gasteiger partial charge in [0, 0.05) is 11.5 Å². The van der Waals surface area contributed by atoms with E-state index < -0.39 is 29.4 Å². The Morgan fingerprint density at radius 1 is 1.21 bits per heavy atom. The molecule has 0 spiro atoms. The van der Waals surface area contributed by atoms with Crippen LogP contribution in [0.4, 0.5) is 5.69 Å². The number of para-hydroxylation sites is 1. The molecule has 1 heterocycles. The van der Waals surface area contributed by atoms with Crippen LogP contribution in [0.3, 0.4) is 0 Å². The summed E-state index contributed by atoms with van der Waals surface area (Å²) in [6, 6.07) is 12.5. The van der Waals surface area contributed by atoms with E-state index >= 15 is 0 Å². The molecule has 0 radical (unpaired) electrons. The van der Waals surface area contributed by atoms with Crippen molar-refractivity contribution in [1.82, 2.24) is 5.32 Å². The van der Waals surface area contributed by atoms with Crippen molar-refractivity contribution in [3.63, 3.8) is 0 Å². The van der Waals surface area contributed by atoms with Crippen molar-refractivity contribution in [2.75, 3.05) is 13.7 Å². The monoisotopic (exact) mass is 398 g/mol. The van der Waals surface area contributed by atoms with E-state index in [4.69, 9.17) is 13.9 Å². The fourth-order valence-corrected chi connectivity index (χ4v) is 2.74. The quantitative estimate of drug-likeness (QED) is 0.368. The van der Waals surface area contributed by atoms with Crippen molar-refractivity contribution in [3.8, 4) is 5.75 Å². The Bertz CT molecular complexity index is 1040. The standard InChI is InChI=1S/C20H18N2O7/c1-12(18-10-13-5-3-4-6-16(13)29-18)21-19(23)11-28-20(24)14-7-8-17(27-2)15(9-14)22(25)26/h3-10,12H,11H2,1-2H3,(H,21,23)/t12-/m0/s1. The first-order chi connectivity index (χ1) is 13.9. The molecule has 0 aliphatic carbocycles. The van der Waals surface area contributed by atoms with E-state index in [1.165, 1.54) is 19.2 Å². The molecule has 0 aliphatic rings. The summed E-state index contributed by atoms with van der Waals surface area (Å²) in [7, 11) is 1.29. The van der Waals surface area contributed by atoms with Gasteiger partial charge in [0.1, 0.15) is 11.3 Å². The summed E-state index contributed by atoms with van der Waals surface area (Å²) in [6.45, 7) is 1.20. The minimum Gasteiger partial charge on any atom is -0.490 e. The Labute approximate surface area is 165 Å². The van der Waals surface area contributed by atoms with Gasteiger partial charge in [-0.05, 0) is 31.2 Å². The minimum absolute atomic E-state index is 0.0175. The van der Waals surface area contributed by atoms with Crippen molar-refractivity contribution in [3.05, 3.63) is 70.0 Å². The lowest BCUT2D eigenvalue weighted by Gasteiger charge is -2.11. The largest absolute Gasteiger partial charge is 0.490 e. The lowest BCUT2D eigenvalue weighted by molar-refractivity contribution is -0.385. The molecule has 0 aliphatic heterocycles. The van der Waals surface area contributed by atoms with Gasteiger partial charge >= 0.3 is 11.7 Å². The summed E-state index contributed by atoms with van der Waals surface area (Å²) in [5, 5.41) is 14.6. The molecule has 1 N–H and O–H groups in total. The van der Waals surface area contributed by atoms with E-state index in [1.807, 2.05) is 30.3 Å². The Hall–Kier alpha value is -3.88. The summed E-state index contributed by atoms with van der Waals surface area (Å²) < 4.78 is 15.5. The number of nitrogens with one attached hydrogen (secondary N) is 1. The van der Waals surface area contributed by atoms with Gasteiger partial charge in [0.05, 0.1) is 23.6 Å². The molecular weight excluding hydrogens is 380 g/mol. The highest BCUT2D eigenvalue weighted by molar-refractivity contribution is 5.92. The van der Waals surface area contributed by atoms with Crippen molar-refractivity contribution in [1.29, 1.82) is 0 Å². The molecule has 29 heavy (non-hydrogen) atoms. The Morgan fingerprint density at radius 3 is 2.66 bits per heavy atom. The maximum Gasteiger partial charge on any atom is 0.338 e. The topological polar surface area (TPSA) is 121 Å². The molecule has 0 saturated carbocycles. The smallest absolute Gasteiger partial charge is 0.338 e. The van der Waals surface area contributed by atoms with Crippen LogP contribution in [0.2, 0.25) is 0 Å². The van der Waals surface area contributed by atoms with Gasteiger partial charge in [0.25, 0.3) is 5.91 Å². The van der Waals surface area contributed by atoms with Crippen LogP contribution in [0.5, 0.6) is 5.75 Å². The summed E-state index contributed by atoms with van der Waals surface area (Å²) in [4.78, 5) is 34.6. The molecule has 3 aromatic rings. The second-order valence-corrected chi connectivity index (χ2v) is 6.20. The van der Waals surface area contributed by atoms with E-state index in [9.17, 15) is 19.7 Å². The summed E-state index contributed by atoms with van der Waals surface area (Å²) in [5.41, 5.74) is 0.275. The Morgan fingerprint density at radius 2 is 1.97 bits per heavy atom. The Kier molecular flexibility index (Phi) is 5.77. The number of rotatable bonds is 7. The highest BCUT2D eigenvalue weighted by Crippen LogP contribution is 2.28. The zero-order chi connectivity index (χ0) is 21.0. The molecule has 0 saturated heterocycles. The first kappa shape index (κ1) is 19.9. The lowest BCUT2D eigenvalue weighted by Crippen LogP contribution is -2.31. The number of hydrogen-bond acceptors (Lipinski definition) is 7. The van der Waals surface area contributed by atoms with Crippen molar-refractivity contribution >= 4 is 28.5 Å². The third-order valence-electron chi connectivity index (χ3n) is 4.19. The second-order valence-electron chi connectivity index (χ2n) is 6.20. The van der Waals surface area contributed by atoms with Gasteiger partial charge in [-0.1, -0.05) is 18.2 Å². The molecule has 1 aromatic heterocycles. The molecular formula is C20H18N2O7. The zero-order valence-corrected chi connectivity index (χ0v) is 15.7. The second kappa shape index (κ2) is 8.42. The third kappa shape index (κ3) is 4.52. The highest BCUT2D eigenvalue weighted by atomic mass is 16.6. The van der Waals surface area contributed by atoms with Crippen molar-refractivity contribution in [2.24, 2.45) is 0 Å². The number of carbonyl (C=O) groups excluding carboxylic acids is 2. The van der Waals surface area contributed by atoms with Gasteiger partial charge < -0.3 is 19.2 Å². The summed E-state index contributed by atoms with van der Waals surface area (Å²) >= 11 is 0. The number of nitrogens with zero attached hydrogens (tertiary/aromatic N) is 1. The number of hydrogen-bond donors (Lipinski definition) is 1. The maximum absolute atomic E-state index is 12.1. The van der Waals surface area contributed by atoms with Crippen LogP contribution in [-0.4, -0.2) is 30.5 Å². The molecule has 150 valence electrons. The van der Waals surface area contributed by atoms with E-state index in [0.29, 0.717) is 11.3 Å². The van der Waals surface area contributed by atoms with Gasteiger partial charge in [-0.3, -0.25) is 14.9 Å². The number of benzene rings is 2. The van der Waals surface area contributed by atoms with Crippen molar-refractivity contribution in [2.45, 2.75) is 13.0 Å². The number of fused-ring (bicyclic) bond motifs is 1. The average Bonchev–Trinajstić information content (AvgIpc) is 3.16. The first-order valence-electron chi connectivity index (χ1n) is 8.66. The number of nitro benzene ring substituents is 1. The molecule has 0 bridgehead atoms. The fraction of sp³-hybridized carbons (Fsp3) is 0.200. The number of carbonyl (C=O) groups is 2. The van der Waals surface area contributed by atoms with E-state index in [0.717, 1.165) is 11.5 Å². The van der Waals surface area contributed by atoms with Crippen LogP contribution in [0, 0.1) is 10.1 Å². The van der Waals surface area contributed by atoms with Crippen LogP contribution in [0.25, 0.3) is 11.0 Å². The zero-order valence-electron chi connectivity index (χ0n) is 15.7. The van der Waals surface area contributed by atoms with Crippen LogP contribution >= 0.6 is 0 Å². The van der Waals surface area contributed by atoms with Gasteiger partial charge in [0.2, 0.25) is 0 Å². The maximum atomic E-state index is 12.1. The molecule has 9 nitrogen and oxygen atoms in total. The molecule has 1 atom stereocenters. The Balaban J connectivity index is 1.59. The number of ether oxygens (including phenoxy) is 2. The first-order valence-corrected chi connectivity index (χ1v) is 8.66. The molecule has 1 amide bonds. The van der Waals surface area contributed by atoms with Crippen LogP contribution in [-0.2, 0) is 9.53 Å². The average molecular weight is 398 g/mol. The number of esters is 1. The molecule has 0 fully saturated rings. The molecule has 0 unspecified atom stereocenters. The minimum atomic E-state index is -0.859. The highest BCUT2D eigenvalue weighted by Gasteiger charge is 2.20. The predicted octanol–water partition coefficient (Wildman–Crippen LogP) is 3.38. The van der Waals surface area contributed by atoms with Gasteiger partial charge in [-0.15, -0.1) is 0 Å². The molecule has 3 rings (SSSR count). The van der Waals surface area contributed by atoms with Crippen LogP contribution < -0.4 is 10.1 Å². The van der Waals surface area contributed by atoms with Crippen LogP contribution in [0.15, 0.2) is 52.9 Å². The number of amides is 1. The van der Waals surface area contributed by atoms with E-state index in [-0.39, 0.29) is 17.0 Å². The van der Waals surface area contributed by atoms with Crippen LogP contribution in [0.1, 0.15) is 29.1 Å². The third-order valence-corrected chi connectivity index (χ3v) is 4.19. The molecule has 2 aromatic carbocycles. The normalized spacial score (nSPS) is 11.7. The van der Waals surface area contributed by atoms with Gasteiger partial charge in [-0.2, -0.15) is 0 Å². The summed E-state index contributed by atoms with van der Waals surface area (Å²) in [5.74, 6) is -0.808. The van der Waals surface area contributed by atoms with Gasteiger partial charge in [0.15, 0.2) is 12.4 Å². The van der Waals surface area contributed by atoms with E-state index in [1.54, 1.807) is 6.92 Å². The molecule has 9 heteroatoms. The fourth-order valence-electron chi connectivity index (χ4n) is 2.74. The van der Waals surface area contributed by atoms with E-state index in [2.05, 4.69) is 5.32 Å². The predicted molar refractivity (Wildman–Crippen MR) is 103 cm³/mol. The SMILES string of the molecule is COc1ccc(C(=O)OCC(=O)N[C@@H](C)c2cc3ccccc3o2)cc1[N+](=O)[O-]. The van der Waals surface area contributed by atoms with Crippen molar-refractivity contribution < 1.29 is 28.4 Å².